The molecule has 2 rings (SSSR count). The number of nitrogens with two attached hydrogens (primary N) is 1. The average molecular weight is 264 g/mol. The van der Waals surface area contributed by atoms with E-state index in [1.165, 1.54) is 12.1 Å². The molecule has 1 aliphatic rings. The van der Waals surface area contributed by atoms with Gasteiger partial charge in [-0.25, -0.2) is 0 Å². The number of methoxy groups -OCH3 is 1. The summed E-state index contributed by atoms with van der Waals surface area (Å²) in [6.45, 7) is 3.41. The third-order valence-corrected chi connectivity index (χ3v) is 3.58. The smallest absolute Gasteiger partial charge is 0.119 e. The molecule has 4 heteroatoms. The molecule has 4 nitrogen and oxygen atoms in total. The minimum Gasteiger partial charge on any atom is -0.497 e. The summed E-state index contributed by atoms with van der Waals surface area (Å²) in [7, 11) is 1.69. The number of benzene rings is 1. The van der Waals surface area contributed by atoms with E-state index in [1.807, 2.05) is 12.1 Å². The first-order valence-electron chi connectivity index (χ1n) is 7.03. The van der Waals surface area contributed by atoms with Crippen LogP contribution in [0.25, 0.3) is 0 Å². The molecular weight excluding hydrogens is 240 g/mol. The van der Waals surface area contributed by atoms with Crippen molar-refractivity contribution in [1.29, 1.82) is 0 Å². The van der Waals surface area contributed by atoms with Crippen molar-refractivity contribution >= 4 is 5.69 Å². The molecule has 0 spiro atoms. The molecule has 0 aliphatic carbocycles. The van der Waals surface area contributed by atoms with Gasteiger partial charge in [0, 0.05) is 18.8 Å². The number of ether oxygens (including phenoxy) is 2. The van der Waals surface area contributed by atoms with Gasteiger partial charge in [0.25, 0.3) is 0 Å². The molecule has 0 radical (unpaired) electrons. The van der Waals surface area contributed by atoms with Gasteiger partial charge in [0.2, 0.25) is 0 Å². The van der Waals surface area contributed by atoms with Gasteiger partial charge < -0.3 is 20.1 Å². The minimum atomic E-state index is 0.466. The molecule has 1 saturated heterocycles. The van der Waals surface area contributed by atoms with Crippen LogP contribution in [0.15, 0.2) is 24.3 Å². The van der Waals surface area contributed by atoms with E-state index in [0.717, 1.165) is 44.9 Å². The Labute approximate surface area is 115 Å². The monoisotopic (exact) mass is 264 g/mol. The highest BCUT2D eigenvalue weighted by Gasteiger charge is 2.21. The van der Waals surface area contributed by atoms with Crippen molar-refractivity contribution in [2.45, 2.75) is 25.3 Å². The Morgan fingerprint density at radius 3 is 2.74 bits per heavy atom. The third kappa shape index (κ3) is 3.85. The molecule has 0 aromatic heterocycles. The van der Waals surface area contributed by atoms with Crippen LogP contribution in [0.1, 0.15) is 19.3 Å². The Kier molecular flexibility index (Phi) is 5.48. The summed E-state index contributed by atoms with van der Waals surface area (Å²) in [5, 5.41) is 0. The fraction of sp³-hybridized carbons (Fsp3) is 0.600. The maximum absolute atomic E-state index is 5.65. The number of nitrogens with zero attached hydrogens (tertiary/aromatic N) is 1. The molecule has 1 aromatic carbocycles. The second-order valence-electron chi connectivity index (χ2n) is 4.90. The highest BCUT2D eigenvalue weighted by atomic mass is 16.5. The van der Waals surface area contributed by atoms with Crippen LogP contribution in [0, 0.1) is 0 Å². The van der Waals surface area contributed by atoms with Crippen LogP contribution in [-0.4, -0.2) is 39.5 Å². The Morgan fingerprint density at radius 2 is 2.16 bits per heavy atom. The first kappa shape index (κ1) is 14.2. The summed E-state index contributed by atoms with van der Waals surface area (Å²) in [5.74, 6) is 0.891. The molecule has 2 N–H and O–H groups in total. The zero-order chi connectivity index (χ0) is 13.5. The molecule has 1 heterocycles. The first-order valence-corrected chi connectivity index (χ1v) is 7.03. The van der Waals surface area contributed by atoms with Gasteiger partial charge in [0.15, 0.2) is 0 Å². The van der Waals surface area contributed by atoms with Crippen molar-refractivity contribution in [2.24, 2.45) is 5.73 Å². The van der Waals surface area contributed by atoms with E-state index in [2.05, 4.69) is 17.0 Å². The van der Waals surface area contributed by atoms with Gasteiger partial charge in [0.1, 0.15) is 5.75 Å². The van der Waals surface area contributed by atoms with Crippen molar-refractivity contribution in [3.8, 4) is 5.75 Å². The van der Waals surface area contributed by atoms with Crippen LogP contribution in [0.4, 0.5) is 5.69 Å². The molecule has 0 amide bonds. The maximum Gasteiger partial charge on any atom is 0.119 e. The van der Waals surface area contributed by atoms with E-state index in [9.17, 15) is 0 Å². The van der Waals surface area contributed by atoms with E-state index in [0.29, 0.717) is 6.04 Å². The van der Waals surface area contributed by atoms with Crippen molar-refractivity contribution < 1.29 is 9.47 Å². The second-order valence-corrected chi connectivity index (χ2v) is 4.90. The number of hydrogen-bond acceptors (Lipinski definition) is 4. The predicted octanol–water partition coefficient (Wildman–Crippen LogP) is 2.03. The lowest BCUT2D eigenvalue weighted by Crippen LogP contribution is -2.42. The summed E-state index contributed by atoms with van der Waals surface area (Å²) >= 11 is 0. The molecule has 0 saturated carbocycles. The number of hydrogen-bond donors (Lipinski definition) is 1. The molecule has 1 aromatic rings. The third-order valence-electron chi connectivity index (χ3n) is 3.58. The van der Waals surface area contributed by atoms with Gasteiger partial charge in [-0.1, -0.05) is 0 Å². The van der Waals surface area contributed by atoms with E-state index in [4.69, 9.17) is 15.2 Å². The second kappa shape index (κ2) is 7.36. The molecule has 19 heavy (non-hydrogen) atoms. The van der Waals surface area contributed by atoms with Crippen molar-refractivity contribution in [2.75, 3.05) is 38.3 Å². The van der Waals surface area contributed by atoms with E-state index >= 15 is 0 Å². The summed E-state index contributed by atoms with van der Waals surface area (Å²) in [6, 6.07) is 8.71. The fourth-order valence-corrected chi connectivity index (χ4v) is 2.53. The van der Waals surface area contributed by atoms with E-state index in [1.54, 1.807) is 7.11 Å². The first-order chi connectivity index (χ1) is 9.35. The Balaban J connectivity index is 2.10. The standard InChI is InChI=1S/C15H24N2O2/c1-18-15-7-5-13(6-8-15)17(10-3-9-16)14-4-2-11-19-12-14/h5-8,14H,2-4,9-12,16H2,1H3. The zero-order valence-corrected chi connectivity index (χ0v) is 11.7. The fourth-order valence-electron chi connectivity index (χ4n) is 2.53. The number of rotatable bonds is 6. The molecule has 1 atom stereocenters. The molecule has 106 valence electrons. The van der Waals surface area contributed by atoms with Gasteiger partial charge in [-0.15, -0.1) is 0 Å². The van der Waals surface area contributed by atoms with Gasteiger partial charge in [-0.05, 0) is 50.1 Å². The highest BCUT2D eigenvalue weighted by Crippen LogP contribution is 2.24. The quantitative estimate of drug-likeness (QED) is 0.854. The van der Waals surface area contributed by atoms with Crippen LogP contribution in [-0.2, 0) is 4.74 Å². The van der Waals surface area contributed by atoms with Crippen molar-refractivity contribution in [3.63, 3.8) is 0 Å². The van der Waals surface area contributed by atoms with Gasteiger partial charge in [0.05, 0.1) is 19.8 Å². The summed E-state index contributed by atoms with van der Waals surface area (Å²) in [6.07, 6.45) is 3.33. The lowest BCUT2D eigenvalue weighted by Gasteiger charge is -2.36. The van der Waals surface area contributed by atoms with Gasteiger partial charge in [-0.2, -0.15) is 0 Å². The van der Waals surface area contributed by atoms with Crippen LogP contribution < -0.4 is 15.4 Å². The van der Waals surface area contributed by atoms with Gasteiger partial charge >= 0.3 is 0 Å². The lowest BCUT2D eigenvalue weighted by molar-refractivity contribution is 0.0792. The average Bonchev–Trinajstić information content (AvgIpc) is 2.49. The molecule has 0 bridgehead atoms. The van der Waals surface area contributed by atoms with E-state index in [-0.39, 0.29) is 0 Å². The maximum atomic E-state index is 5.65. The SMILES string of the molecule is COc1ccc(N(CCCN)C2CCCOC2)cc1. The van der Waals surface area contributed by atoms with Crippen LogP contribution in [0.5, 0.6) is 5.75 Å². The Bertz CT molecular complexity index is 361. The summed E-state index contributed by atoms with van der Waals surface area (Å²) in [5.41, 5.74) is 6.88. The van der Waals surface area contributed by atoms with Crippen molar-refractivity contribution in [1.82, 2.24) is 0 Å². The van der Waals surface area contributed by atoms with Crippen LogP contribution in [0.2, 0.25) is 0 Å². The van der Waals surface area contributed by atoms with Gasteiger partial charge in [-0.3, -0.25) is 0 Å². The normalized spacial score (nSPS) is 19.2. The molecule has 1 unspecified atom stereocenters. The Hall–Kier alpha value is -1.26. The lowest BCUT2D eigenvalue weighted by atomic mass is 10.1. The topological polar surface area (TPSA) is 47.7 Å². The zero-order valence-electron chi connectivity index (χ0n) is 11.7. The number of anilines is 1. The Morgan fingerprint density at radius 1 is 1.37 bits per heavy atom. The molecule has 1 fully saturated rings. The molecule has 1 aliphatic heterocycles. The molecular formula is C15H24N2O2. The summed E-state index contributed by atoms with van der Waals surface area (Å²) in [4.78, 5) is 2.42. The van der Waals surface area contributed by atoms with Crippen LogP contribution in [0.3, 0.4) is 0 Å². The van der Waals surface area contributed by atoms with Crippen LogP contribution >= 0.6 is 0 Å². The van der Waals surface area contributed by atoms with E-state index < -0.39 is 0 Å². The largest absolute Gasteiger partial charge is 0.497 e. The highest BCUT2D eigenvalue weighted by molar-refractivity contribution is 5.50. The summed E-state index contributed by atoms with van der Waals surface area (Å²) < 4.78 is 10.8. The predicted molar refractivity (Wildman–Crippen MR) is 77.9 cm³/mol. The van der Waals surface area contributed by atoms with Crippen molar-refractivity contribution in [3.05, 3.63) is 24.3 Å². The minimum absolute atomic E-state index is 0.466.